The second-order valence-electron chi connectivity index (χ2n) is 4.30. The molecule has 1 unspecified atom stereocenters. The van der Waals surface area contributed by atoms with Gasteiger partial charge in [-0.3, -0.25) is 0 Å². The number of aliphatic hydroxyl groups excluding tert-OH is 1. The van der Waals surface area contributed by atoms with Crippen LogP contribution in [0, 0.1) is 5.82 Å². The Morgan fingerprint density at radius 2 is 2.00 bits per heavy atom. The molecular weight excluding hydrogens is 263 g/mol. The zero-order valence-corrected chi connectivity index (χ0v) is 11.8. The van der Waals surface area contributed by atoms with Crippen LogP contribution in [0.25, 0.3) is 0 Å². The van der Waals surface area contributed by atoms with Crippen molar-refractivity contribution in [2.24, 2.45) is 0 Å². The summed E-state index contributed by atoms with van der Waals surface area (Å²) in [4.78, 5) is 2.32. The lowest BCUT2D eigenvalue weighted by Gasteiger charge is -2.14. The van der Waals surface area contributed by atoms with Crippen LogP contribution in [0.5, 0.6) is 5.75 Å². The molecule has 1 aromatic carbocycles. The van der Waals surface area contributed by atoms with Gasteiger partial charge in [0.15, 0.2) is 0 Å². The summed E-state index contributed by atoms with van der Waals surface area (Å²) in [5.41, 5.74) is 0.233. The van der Waals surface area contributed by atoms with Gasteiger partial charge in [-0.1, -0.05) is 13.0 Å². The number of halogens is 1. The van der Waals surface area contributed by atoms with Gasteiger partial charge in [0.1, 0.15) is 11.6 Å². The average Bonchev–Trinajstić information content (AvgIpc) is 2.85. The van der Waals surface area contributed by atoms with E-state index in [1.54, 1.807) is 23.5 Å². The first-order valence-electron chi connectivity index (χ1n) is 6.23. The first kappa shape index (κ1) is 14.0. The summed E-state index contributed by atoms with van der Waals surface area (Å²) in [7, 11) is 1.48. The summed E-state index contributed by atoms with van der Waals surface area (Å²) in [6, 6.07) is 8.61. The molecule has 0 aliphatic heterocycles. The van der Waals surface area contributed by atoms with Crippen LogP contribution < -0.4 is 4.74 Å². The Morgan fingerprint density at radius 1 is 1.26 bits per heavy atom. The molecule has 2 aromatic rings. The number of rotatable bonds is 5. The zero-order chi connectivity index (χ0) is 13.8. The topological polar surface area (TPSA) is 29.5 Å². The van der Waals surface area contributed by atoms with Crippen molar-refractivity contribution in [3.8, 4) is 5.75 Å². The van der Waals surface area contributed by atoms with E-state index >= 15 is 0 Å². The Morgan fingerprint density at radius 3 is 2.63 bits per heavy atom. The van der Waals surface area contributed by atoms with E-state index in [0.29, 0.717) is 12.2 Å². The van der Waals surface area contributed by atoms with E-state index in [9.17, 15) is 9.50 Å². The Hall–Kier alpha value is -1.39. The highest BCUT2D eigenvalue weighted by molar-refractivity contribution is 7.11. The van der Waals surface area contributed by atoms with Crippen LogP contribution in [0.4, 0.5) is 4.39 Å². The minimum absolute atomic E-state index is 0.233. The van der Waals surface area contributed by atoms with Gasteiger partial charge in [-0.2, -0.15) is 0 Å². The van der Waals surface area contributed by atoms with Crippen LogP contribution in [-0.4, -0.2) is 12.2 Å². The van der Waals surface area contributed by atoms with Gasteiger partial charge in [-0.25, -0.2) is 4.39 Å². The van der Waals surface area contributed by atoms with Gasteiger partial charge in [0.2, 0.25) is 0 Å². The van der Waals surface area contributed by atoms with Crippen LogP contribution in [0.3, 0.4) is 0 Å². The fourth-order valence-corrected chi connectivity index (χ4v) is 3.03. The first-order valence-corrected chi connectivity index (χ1v) is 7.05. The van der Waals surface area contributed by atoms with Crippen molar-refractivity contribution in [2.75, 3.05) is 7.11 Å². The van der Waals surface area contributed by atoms with Gasteiger partial charge in [0.05, 0.1) is 18.8 Å². The second-order valence-corrected chi connectivity index (χ2v) is 5.55. The highest BCUT2D eigenvalue weighted by Crippen LogP contribution is 2.31. The third kappa shape index (κ3) is 3.14. The van der Waals surface area contributed by atoms with Crippen molar-refractivity contribution in [3.05, 3.63) is 51.5 Å². The Bertz CT molecular complexity index is 551. The Labute approximate surface area is 116 Å². The number of hydrogen-bond acceptors (Lipinski definition) is 3. The third-order valence-electron chi connectivity index (χ3n) is 3.03. The molecule has 19 heavy (non-hydrogen) atoms. The molecule has 0 aliphatic rings. The largest absolute Gasteiger partial charge is 0.496 e. The maximum absolute atomic E-state index is 13.8. The smallest absolute Gasteiger partial charge is 0.132 e. The molecule has 1 heterocycles. The minimum Gasteiger partial charge on any atom is -0.496 e. The normalized spacial score (nSPS) is 12.4. The molecule has 0 saturated carbocycles. The molecule has 1 N–H and O–H groups in total. The van der Waals surface area contributed by atoms with Gasteiger partial charge in [-0.15, -0.1) is 11.3 Å². The summed E-state index contributed by atoms with van der Waals surface area (Å²) in [5.74, 6) is -0.0427. The summed E-state index contributed by atoms with van der Waals surface area (Å²) < 4.78 is 18.9. The molecule has 0 aliphatic carbocycles. The van der Waals surface area contributed by atoms with Gasteiger partial charge >= 0.3 is 0 Å². The predicted octanol–water partition coefficient (Wildman–Crippen LogP) is 3.73. The predicted molar refractivity (Wildman–Crippen MR) is 75.3 cm³/mol. The number of benzene rings is 1. The maximum Gasteiger partial charge on any atom is 0.132 e. The molecule has 102 valence electrons. The molecule has 1 atom stereocenters. The van der Waals surface area contributed by atoms with E-state index in [4.69, 9.17) is 4.74 Å². The molecule has 0 bridgehead atoms. The number of methoxy groups -OCH3 is 1. The van der Waals surface area contributed by atoms with Crippen molar-refractivity contribution in [2.45, 2.75) is 25.9 Å². The van der Waals surface area contributed by atoms with Crippen LogP contribution in [0.15, 0.2) is 30.3 Å². The fourth-order valence-electron chi connectivity index (χ4n) is 2.03. The Kier molecular flexibility index (Phi) is 4.56. The SMILES string of the molecule is CCc1ccc(CC(O)c2c(F)cccc2OC)s1. The lowest BCUT2D eigenvalue weighted by atomic mass is 10.0. The monoisotopic (exact) mass is 280 g/mol. The first-order chi connectivity index (χ1) is 9.15. The molecule has 0 fully saturated rings. The lowest BCUT2D eigenvalue weighted by molar-refractivity contribution is 0.170. The molecule has 0 radical (unpaired) electrons. The highest BCUT2D eigenvalue weighted by Gasteiger charge is 2.19. The van der Waals surface area contributed by atoms with Gasteiger partial charge in [-0.05, 0) is 30.7 Å². The van der Waals surface area contributed by atoms with Crippen LogP contribution in [-0.2, 0) is 12.8 Å². The Balaban J connectivity index is 2.22. The van der Waals surface area contributed by atoms with Gasteiger partial charge in [0, 0.05) is 16.2 Å². The molecule has 4 heteroatoms. The zero-order valence-electron chi connectivity index (χ0n) is 11.0. The van der Waals surface area contributed by atoms with Crippen LogP contribution in [0.1, 0.15) is 28.3 Å². The van der Waals surface area contributed by atoms with E-state index in [1.807, 2.05) is 12.1 Å². The summed E-state index contributed by atoms with van der Waals surface area (Å²) in [5, 5.41) is 10.2. The molecule has 2 rings (SSSR count). The van der Waals surface area contributed by atoms with Crippen molar-refractivity contribution in [3.63, 3.8) is 0 Å². The number of ether oxygens (including phenoxy) is 1. The molecule has 2 nitrogen and oxygen atoms in total. The number of aryl methyl sites for hydroxylation is 1. The molecule has 0 saturated heterocycles. The minimum atomic E-state index is -0.889. The molecular formula is C15H17FO2S. The molecule has 0 amide bonds. The van der Waals surface area contributed by atoms with Crippen molar-refractivity contribution >= 4 is 11.3 Å². The molecule has 0 spiro atoms. The van der Waals surface area contributed by atoms with E-state index in [1.165, 1.54) is 18.1 Å². The summed E-state index contributed by atoms with van der Waals surface area (Å²) in [6.45, 7) is 2.09. The third-order valence-corrected chi connectivity index (χ3v) is 4.28. The maximum atomic E-state index is 13.8. The van der Waals surface area contributed by atoms with Crippen LogP contribution >= 0.6 is 11.3 Å². The van der Waals surface area contributed by atoms with E-state index in [2.05, 4.69) is 6.92 Å². The average molecular weight is 280 g/mol. The van der Waals surface area contributed by atoms with Crippen molar-refractivity contribution in [1.82, 2.24) is 0 Å². The number of aliphatic hydroxyl groups is 1. The number of hydrogen-bond donors (Lipinski definition) is 1. The van der Waals surface area contributed by atoms with Crippen molar-refractivity contribution < 1.29 is 14.2 Å². The van der Waals surface area contributed by atoms with Crippen LogP contribution in [0.2, 0.25) is 0 Å². The summed E-state index contributed by atoms with van der Waals surface area (Å²) in [6.07, 6.45) is 0.491. The highest BCUT2D eigenvalue weighted by atomic mass is 32.1. The van der Waals surface area contributed by atoms with E-state index < -0.39 is 11.9 Å². The quantitative estimate of drug-likeness (QED) is 0.904. The van der Waals surface area contributed by atoms with E-state index in [-0.39, 0.29) is 5.56 Å². The number of thiophene rings is 1. The summed E-state index contributed by atoms with van der Waals surface area (Å²) >= 11 is 1.65. The standard InChI is InChI=1S/C15H17FO2S/c1-3-10-7-8-11(19-10)9-13(17)15-12(16)5-4-6-14(15)18-2/h4-8,13,17H,3,9H2,1-2H3. The molecule has 1 aromatic heterocycles. The van der Waals surface area contributed by atoms with Gasteiger partial charge < -0.3 is 9.84 Å². The van der Waals surface area contributed by atoms with E-state index in [0.717, 1.165) is 11.3 Å². The van der Waals surface area contributed by atoms with Crippen molar-refractivity contribution in [1.29, 1.82) is 0 Å². The second kappa shape index (κ2) is 6.17. The van der Waals surface area contributed by atoms with Gasteiger partial charge in [0.25, 0.3) is 0 Å². The fraction of sp³-hybridized carbons (Fsp3) is 0.333. The lowest BCUT2D eigenvalue weighted by Crippen LogP contribution is -2.06.